The van der Waals surface area contributed by atoms with Crippen molar-refractivity contribution in [1.82, 2.24) is 0 Å². The standard InChI is InChI=1S/C25H24N2O4S/c1-16-4-6-17(7-5-16)24(29)26-19-10-8-18(9-11-19)25-27(23(28)15-32-25)21-13-12-20(30-2)14-22(21)31-3/h4-14,25H,15H2,1-3H3,(H,26,29)/t25-/m1/s1. The van der Waals surface area contributed by atoms with E-state index in [0.29, 0.717) is 34.2 Å². The Labute approximate surface area is 191 Å². The number of thioether (sulfide) groups is 1. The maximum Gasteiger partial charge on any atom is 0.255 e. The van der Waals surface area contributed by atoms with Crippen LogP contribution in [0.25, 0.3) is 0 Å². The average molecular weight is 449 g/mol. The second kappa shape index (κ2) is 9.36. The van der Waals surface area contributed by atoms with Crippen LogP contribution in [0.4, 0.5) is 11.4 Å². The number of amides is 2. The summed E-state index contributed by atoms with van der Waals surface area (Å²) in [6.07, 6.45) is 0. The van der Waals surface area contributed by atoms with Crippen LogP contribution >= 0.6 is 11.8 Å². The molecule has 0 unspecified atom stereocenters. The van der Waals surface area contributed by atoms with Gasteiger partial charge >= 0.3 is 0 Å². The molecule has 164 valence electrons. The van der Waals surface area contributed by atoms with Gasteiger partial charge in [0, 0.05) is 17.3 Å². The van der Waals surface area contributed by atoms with Gasteiger partial charge in [-0.05, 0) is 48.9 Å². The van der Waals surface area contributed by atoms with E-state index in [9.17, 15) is 9.59 Å². The first-order valence-corrected chi connectivity index (χ1v) is 11.2. The van der Waals surface area contributed by atoms with Gasteiger partial charge in [-0.25, -0.2) is 0 Å². The van der Waals surface area contributed by atoms with Crippen LogP contribution < -0.4 is 19.7 Å². The highest BCUT2D eigenvalue weighted by Crippen LogP contribution is 2.45. The summed E-state index contributed by atoms with van der Waals surface area (Å²) in [4.78, 5) is 27.0. The van der Waals surface area contributed by atoms with Gasteiger partial charge in [-0.15, -0.1) is 11.8 Å². The summed E-state index contributed by atoms with van der Waals surface area (Å²) in [6.45, 7) is 1.98. The van der Waals surface area contributed by atoms with Crippen LogP contribution in [0.2, 0.25) is 0 Å². The number of rotatable bonds is 6. The van der Waals surface area contributed by atoms with Crippen LogP contribution in [0.3, 0.4) is 0 Å². The second-order valence-electron chi connectivity index (χ2n) is 7.41. The molecular weight excluding hydrogens is 424 g/mol. The van der Waals surface area contributed by atoms with E-state index in [2.05, 4.69) is 5.32 Å². The molecule has 1 saturated heterocycles. The molecule has 0 spiro atoms. The number of carbonyl (C=O) groups excluding carboxylic acids is 2. The average Bonchev–Trinajstić information content (AvgIpc) is 3.20. The predicted octanol–water partition coefficient (Wildman–Crippen LogP) is 5.04. The number of anilines is 2. The highest BCUT2D eigenvalue weighted by atomic mass is 32.2. The lowest BCUT2D eigenvalue weighted by Gasteiger charge is -2.26. The van der Waals surface area contributed by atoms with Crippen molar-refractivity contribution in [1.29, 1.82) is 0 Å². The Morgan fingerprint density at radius 3 is 2.38 bits per heavy atom. The normalized spacial score (nSPS) is 15.5. The van der Waals surface area contributed by atoms with Crippen molar-refractivity contribution in [2.45, 2.75) is 12.3 Å². The van der Waals surface area contributed by atoms with E-state index in [1.165, 1.54) is 0 Å². The first kappa shape index (κ1) is 21.8. The van der Waals surface area contributed by atoms with Gasteiger partial charge in [0.05, 0.1) is 25.7 Å². The zero-order valence-electron chi connectivity index (χ0n) is 18.1. The van der Waals surface area contributed by atoms with E-state index in [4.69, 9.17) is 9.47 Å². The minimum absolute atomic E-state index is 0.0141. The summed E-state index contributed by atoms with van der Waals surface area (Å²) in [7, 11) is 3.17. The monoisotopic (exact) mass is 448 g/mol. The van der Waals surface area contributed by atoms with Crippen molar-refractivity contribution in [3.63, 3.8) is 0 Å². The second-order valence-corrected chi connectivity index (χ2v) is 8.48. The van der Waals surface area contributed by atoms with E-state index in [1.54, 1.807) is 49.1 Å². The molecular formula is C25H24N2O4S. The van der Waals surface area contributed by atoms with Crippen molar-refractivity contribution in [2.75, 3.05) is 30.2 Å². The molecule has 1 aliphatic heterocycles. The number of hydrogen-bond donors (Lipinski definition) is 1. The fourth-order valence-electron chi connectivity index (χ4n) is 3.55. The number of nitrogens with zero attached hydrogens (tertiary/aromatic N) is 1. The molecule has 0 aliphatic carbocycles. The number of nitrogens with one attached hydrogen (secondary N) is 1. The molecule has 6 nitrogen and oxygen atoms in total. The first-order valence-electron chi connectivity index (χ1n) is 10.1. The van der Waals surface area contributed by atoms with E-state index in [-0.39, 0.29) is 17.2 Å². The number of hydrogen-bond acceptors (Lipinski definition) is 5. The fraction of sp³-hybridized carbons (Fsp3) is 0.200. The quantitative estimate of drug-likeness (QED) is 0.572. The number of ether oxygens (including phenoxy) is 2. The number of benzene rings is 3. The molecule has 3 aromatic rings. The van der Waals surface area contributed by atoms with Gasteiger partial charge in [-0.1, -0.05) is 29.8 Å². The fourth-order valence-corrected chi connectivity index (χ4v) is 4.72. The Bertz CT molecular complexity index is 1130. The molecule has 0 aromatic heterocycles. The summed E-state index contributed by atoms with van der Waals surface area (Å²) in [5.41, 5.74) is 4.07. The summed E-state index contributed by atoms with van der Waals surface area (Å²) >= 11 is 1.56. The van der Waals surface area contributed by atoms with Gasteiger partial charge in [0.1, 0.15) is 16.9 Å². The highest BCUT2D eigenvalue weighted by molar-refractivity contribution is 8.00. The lowest BCUT2D eigenvalue weighted by molar-refractivity contribution is -0.115. The minimum Gasteiger partial charge on any atom is -0.497 e. The molecule has 0 bridgehead atoms. The predicted molar refractivity (Wildman–Crippen MR) is 128 cm³/mol. The van der Waals surface area contributed by atoms with Crippen LogP contribution in [0, 0.1) is 6.92 Å². The van der Waals surface area contributed by atoms with Crippen molar-refractivity contribution in [3.8, 4) is 11.5 Å². The van der Waals surface area contributed by atoms with Crippen molar-refractivity contribution in [2.24, 2.45) is 0 Å². The Morgan fingerprint density at radius 2 is 1.72 bits per heavy atom. The zero-order valence-corrected chi connectivity index (χ0v) is 18.9. The Balaban J connectivity index is 1.55. The number of aryl methyl sites for hydroxylation is 1. The minimum atomic E-state index is -0.188. The van der Waals surface area contributed by atoms with Gasteiger partial charge in [-0.3, -0.25) is 14.5 Å². The summed E-state index contributed by atoms with van der Waals surface area (Å²) in [6, 6.07) is 20.4. The number of carbonyl (C=O) groups is 2. The third-order valence-corrected chi connectivity index (χ3v) is 6.49. The van der Waals surface area contributed by atoms with E-state index < -0.39 is 0 Å². The van der Waals surface area contributed by atoms with Gasteiger partial charge in [0.2, 0.25) is 5.91 Å². The molecule has 0 radical (unpaired) electrons. The highest BCUT2D eigenvalue weighted by Gasteiger charge is 2.35. The van der Waals surface area contributed by atoms with Crippen molar-refractivity contribution >= 4 is 35.0 Å². The molecule has 1 heterocycles. The van der Waals surface area contributed by atoms with Gasteiger partial charge in [-0.2, -0.15) is 0 Å². The SMILES string of the molecule is COc1ccc(N2C(=O)CS[C@@H]2c2ccc(NC(=O)c3ccc(C)cc3)cc2)c(OC)c1. The maximum absolute atomic E-state index is 12.7. The summed E-state index contributed by atoms with van der Waals surface area (Å²) in [5, 5.41) is 2.73. The van der Waals surface area contributed by atoms with Crippen LogP contribution in [0.1, 0.15) is 26.9 Å². The zero-order chi connectivity index (χ0) is 22.7. The van der Waals surface area contributed by atoms with Crippen molar-refractivity contribution < 1.29 is 19.1 Å². The van der Waals surface area contributed by atoms with Crippen LogP contribution in [-0.2, 0) is 4.79 Å². The van der Waals surface area contributed by atoms with E-state index in [0.717, 1.165) is 11.1 Å². The molecule has 0 saturated carbocycles. The molecule has 1 fully saturated rings. The smallest absolute Gasteiger partial charge is 0.255 e. The molecule has 1 N–H and O–H groups in total. The molecule has 2 amide bonds. The molecule has 4 rings (SSSR count). The van der Waals surface area contributed by atoms with Gasteiger partial charge in [0.25, 0.3) is 5.91 Å². The largest absolute Gasteiger partial charge is 0.497 e. The Kier molecular flexibility index (Phi) is 6.37. The van der Waals surface area contributed by atoms with Gasteiger partial charge in [0.15, 0.2) is 0 Å². The van der Waals surface area contributed by atoms with E-state index in [1.807, 2.05) is 55.5 Å². The maximum atomic E-state index is 12.7. The summed E-state index contributed by atoms with van der Waals surface area (Å²) in [5.74, 6) is 1.47. The lowest BCUT2D eigenvalue weighted by Crippen LogP contribution is -2.28. The van der Waals surface area contributed by atoms with Crippen LogP contribution in [-0.4, -0.2) is 31.8 Å². The molecule has 3 aromatic carbocycles. The van der Waals surface area contributed by atoms with E-state index >= 15 is 0 Å². The van der Waals surface area contributed by atoms with Crippen LogP contribution in [0.5, 0.6) is 11.5 Å². The number of methoxy groups -OCH3 is 2. The van der Waals surface area contributed by atoms with Gasteiger partial charge < -0.3 is 14.8 Å². The third kappa shape index (κ3) is 4.43. The lowest BCUT2D eigenvalue weighted by atomic mass is 10.1. The first-order chi connectivity index (χ1) is 15.5. The summed E-state index contributed by atoms with van der Waals surface area (Å²) < 4.78 is 10.8. The molecule has 1 aliphatic rings. The Morgan fingerprint density at radius 1 is 1.00 bits per heavy atom. The van der Waals surface area contributed by atoms with Crippen LogP contribution in [0.15, 0.2) is 66.7 Å². The van der Waals surface area contributed by atoms with Crippen molar-refractivity contribution in [3.05, 3.63) is 83.4 Å². The molecule has 7 heteroatoms. The molecule has 32 heavy (non-hydrogen) atoms. The Hall–Kier alpha value is -3.45. The third-order valence-electron chi connectivity index (χ3n) is 5.28. The topological polar surface area (TPSA) is 67.9 Å². The molecule has 1 atom stereocenters.